The lowest BCUT2D eigenvalue weighted by molar-refractivity contribution is 0.00179. The Labute approximate surface area is 160 Å². The second kappa shape index (κ2) is 6.33. The van der Waals surface area contributed by atoms with E-state index in [1.807, 2.05) is 6.92 Å². The summed E-state index contributed by atoms with van der Waals surface area (Å²) >= 11 is 0. The minimum atomic E-state index is -0.588. The Hall–Kier alpha value is -1.89. The number of nitrogens with one attached hydrogen (secondary N) is 1. The van der Waals surface area contributed by atoms with Gasteiger partial charge in [-0.1, -0.05) is 13.8 Å². The normalized spacial score (nSPS) is 33.6. The third kappa shape index (κ3) is 3.06. The number of hydrogen-bond donors (Lipinski definition) is 2. The average Bonchev–Trinajstić information content (AvgIpc) is 3.07. The van der Waals surface area contributed by atoms with Gasteiger partial charge in [-0.05, 0) is 52.4 Å². The molecule has 0 saturated heterocycles. The van der Waals surface area contributed by atoms with E-state index in [0.717, 1.165) is 61.7 Å². The van der Waals surface area contributed by atoms with E-state index in [-0.39, 0.29) is 17.5 Å². The van der Waals surface area contributed by atoms with Crippen LogP contribution in [0, 0.1) is 0 Å². The molecule has 1 atom stereocenters. The number of amides is 2. The summed E-state index contributed by atoms with van der Waals surface area (Å²) in [5.41, 5.74) is 0.171. The van der Waals surface area contributed by atoms with Crippen molar-refractivity contribution in [1.29, 1.82) is 0 Å². The second-order valence-electron chi connectivity index (χ2n) is 9.02. The van der Waals surface area contributed by atoms with Crippen molar-refractivity contribution in [3.8, 4) is 0 Å². The van der Waals surface area contributed by atoms with Gasteiger partial charge in [0.2, 0.25) is 0 Å². The molecule has 2 amide bonds. The van der Waals surface area contributed by atoms with Gasteiger partial charge >= 0.3 is 6.03 Å². The van der Waals surface area contributed by atoms with Crippen LogP contribution < -0.4 is 4.90 Å². The van der Waals surface area contributed by atoms with Gasteiger partial charge in [-0.15, -0.1) is 0 Å². The number of fused-ring (bicyclic) bond motifs is 3. The molecule has 7 heteroatoms. The SMILES string of the molecule is CCCN1C(=O)N2CCC(C)N=C2c2[nH]c(C3(C)CCC(C)(O)CC3)nc21. The second-order valence-corrected chi connectivity index (χ2v) is 9.02. The molecule has 0 aromatic carbocycles. The van der Waals surface area contributed by atoms with Crippen LogP contribution in [0.25, 0.3) is 0 Å². The molecule has 3 heterocycles. The van der Waals surface area contributed by atoms with Crippen molar-refractivity contribution < 1.29 is 9.90 Å². The van der Waals surface area contributed by atoms with E-state index in [4.69, 9.17) is 9.98 Å². The molecule has 3 aliphatic rings. The van der Waals surface area contributed by atoms with Crippen LogP contribution in [0.4, 0.5) is 10.6 Å². The van der Waals surface area contributed by atoms with E-state index in [0.29, 0.717) is 13.1 Å². The molecule has 27 heavy (non-hydrogen) atoms. The third-order valence-electron chi connectivity index (χ3n) is 6.44. The molecule has 2 N–H and O–H groups in total. The topological polar surface area (TPSA) is 84.8 Å². The third-order valence-corrected chi connectivity index (χ3v) is 6.44. The van der Waals surface area contributed by atoms with Gasteiger partial charge in [0.1, 0.15) is 11.5 Å². The zero-order valence-electron chi connectivity index (χ0n) is 16.9. The summed E-state index contributed by atoms with van der Waals surface area (Å²) < 4.78 is 0. The number of aliphatic imine (C=N–C) groups is 1. The maximum absolute atomic E-state index is 13.1. The summed E-state index contributed by atoms with van der Waals surface area (Å²) in [6, 6.07) is 0.200. The van der Waals surface area contributed by atoms with Gasteiger partial charge in [-0.2, -0.15) is 0 Å². The molecule has 0 radical (unpaired) electrons. The Morgan fingerprint density at radius 2 is 1.96 bits per heavy atom. The number of urea groups is 1. The molecule has 148 valence electrons. The molecular weight excluding hydrogens is 342 g/mol. The van der Waals surface area contributed by atoms with Crippen LogP contribution >= 0.6 is 0 Å². The lowest BCUT2D eigenvalue weighted by atomic mass is 9.70. The summed E-state index contributed by atoms with van der Waals surface area (Å²) in [7, 11) is 0. The van der Waals surface area contributed by atoms with Gasteiger partial charge in [0.05, 0.1) is 11.6 Å². The van der Waals surface area contributed by atoms with Crippen LogP contribution in [0.15, 0.2) is 4.99 Å². The van der Waals surface area contributed by atoms with Crippen LogP contribution in [-0.4, -0.2) is 56.6 Å². The van der Waals surface area contributed by atoms with Gasteiger partial charge in [-0.25, -0.2) is 9.78 Å². The van der Waals surface area contributed by atoms with E-state index in [1.165, 1.54) is 0 Å². The maximum atomic E-state index is 13.1. The molecule has 7 nitrogen and oxygen atoms in total. The van der Waals surface area contributed by atoms with E-state index >= 15 is 0 Å². The Bertz CT molecular complexity index is 771. The summed E-state index contributed by atoms with van der Waals surface area (Å²) in [4.78, 5) is 29.9. The number of aromatic amines is 1. The Morgan fingerprint density at radius 1 is 1.26 bits per heavy atom. The van der Waals surface area contributed by atoms with Crippen molar-refractivity contribution in [3.63, 3.8) is 0 Å². The molecule has 0 spiro atoms. The molecule has 1 fully saturated rings. The number of anilines is 1. The predicted octanol–water partition coefficient (Wildman–Crippen LogP) is 3.18. The fraction of sp³-hybridized carbons (Fsp3) is 0.750. The molecule has 1 aliphatic carbocycles. The molecule has 1 aromatic rings. The highest BCUT2D eigenvalue weighted by molar-refractivity contribution is 6.18. The number of amidine groups is 1. The minimum absolute atomic E-state index is 0.00946. The van der Waals surface area contributed by atoms with Gasteiger partial charge in [0, 0.05) is 18.5 Å². The van der Waals surface area contributed by atoms with Crippen molar-refractivity contribution in [3.05, 3.63) is 11.5 Å². The monoisotopic (exact) mass is 373 g/mol. The number of aliphatic hydroxyl groups is 1. The Balaban J connectivity index is 1.76. The van der Waals surface area contributed by atoms with E-state index in [2.05, 4.69) is 25.8 Å². The standard InChI is InChI=1S/C20H31N5O2/c1-5-11-24-16-14(15-21-13(2)6-12-25(15)18(24)26)22-17(23-16)19(3)7-9-20(4,27)10-8-19/h13,27H,5-12H2,1-4H3,(H,22,23). The molecule has 2 aliphatic heterocycles. The van der Waals surface area contributed by atoms with Crippen molar-refractivity contribution in [2.75, 3.05) is 18.0 Å². The lowest BCUT2D eigenvalue weighted by Gasteiger charge is -2.39. The average molecular weight is 374 g/mol. The fourth-order valence-electron chi connectivity index (χ4n) is 4.39. The fourth-order valence-corrected chi connectivity index (χ4v) is 4.39. The molecule has 1 unspecified atom stereocenters. The molecule has 1 aromatic heterocycles. The van der Waals surface area contributed by atoms with Crippen molar-refractivity contribution in [2.45, 2.75) is 83.3 Å². The van der Waals surface area contributed by atoms with Crippen molar-refractivity contribution in [1.82, 2.24) is 14.9 Å². The minimum Gasteiger partial charge on any atom is -0.390 e. The largest absolute Gasteiger partial charge is 0.390 e. The first-order valence-electron chi connectivity index (χ1n) is 10.2. The van der Waals surface area contributed by atoms with Gasteiger partial charge in [-0.3, -0.25) is 14.8 Å². The summed E-state index contributed by atoms with van der Waals surface area (Å²) in [5.74, 6) is 2.38. The number of H-pyrrole nitrogens is 1. The predicted molar refractivity (Wildman–Crippen MR) is 105 cm³/mol. The first-order chi connectivity index (χ1) is 12.7. The molecule has 1 saturated carbocycles. The highest BCUT2D eigenvalue weighted by Gasteiger charge is 2.44. The number of nitrogens with zero attached hydrogens (tertiary/aromatic N) is 4. The van der Waals surface area contributed by atoms with E-state index in [9.17, 15) is 9.90 Å². The lowest BCUT2D eigenvalue weighted by Crippen LogP contribution is -2.54. The smallest absolute Gasteiger partial charge is 0.331 e. The highest BCUT2D eigenvalue weighted by atomic mass is 16.3. The first-order valence-corrected chi connectivity index (χ1v) is 10.2. The molecule has 0 bridgehead atoms. The van der Waals surface area contributed by atoms with E-state index in [1.54, 1.807) is 9.80 Å². The first kappa shape index (κ1) is 18.5. The van der Waals surface area contributed by atoms with Crippen molar-refractivity contribution in [2.24, 2.45) is 4.99 Å². The van der Waals surface area contributed by atoms with Crippen LogP contribution in [0.5, 0.6) is 0 Å². The van der Waals surface area contributed by atoms with Gasteiger partial charge < -0.3 is 10.1 Å². The Morgan fingerprint density at radius 3 is 2.63 bits per heavy atom. The van der Waals surface area contributed by atoms with Crippen LogP contribution in [0.1, 0.15) is 77.7 Å². The molecule has 4 rings (SSSR count). The number of carbonyl (C=O) groups is 1. The number of aromatic nitrogens is 2. The van der Waals surface area contributed by atoms with Crippen LogP contribution in [-0.2, 0) is 5.41 Å². The number of hydrogen-bond acceptors (Lipinski definition) is 4. The highest BCUT2D eigenvalue weighted by Crippen LogP contribution is 2.43. The van der Waals surface area contributed by atoms with Crippen LogP contribution in [0.2, 0.25) is 0 Å². The maximum Gasteiger partial charge on any atom is 0.331 e. The zero-order chi connectivity index (χ0) is 19.4. The number of imidazole rings is 1. The van der Waals surface area contributed by atoms with Gasteiger partial charge in [0.15, 0.2) is 11.7 Å². The summed E-state index contributed by atoms with van der Waals surface area (Å²) in [6.07, 6.45) is 5.04. The summed E-state index contributed by atoms with van der Waals surface area (Å²) in [6.45, 7) is 9.65. The van der Waals surface area contributed by atoms with Crippen molar-refractivity contribution >= 4 is 17.7 Å². The number of rotatable bonds is 3. The molecular formula is C20H31N5O2. The zero-order valence-corrected chi connectivity index (χ0v) is 16.9. The number of carbonyl (C=O) groups excluding carboxylic acids is 1. The Kier molecular flexibility index (Phi) is 4.33. The van der Waals surface area contributed by atoms with Crippen LogP contribution in [0.3, 0.4) is 0 Å². The van der Waals surface area contributed by atoms with Gasteiger partial charge in [0.25, 0.3) is 0 Å². The summed E-state index contributed by atoms with van der Waals surface area (Å²) in [5, 5.41) is 10.3. The quantitative estimate of drug-likeness (QED) is 0.853. The van der Waals surface area contributed by atoms with E-state index < -0.39 is 5.60 Å².